The summed E-state index contributed by atoms with van der Waals surface area (Å²) in [5, 5.41) is 3.58. The van der Waals surface area contributed by atoms with E-state index in [0.29, 0.717) is 18.0 Å². The minimum absolute atomic E-state index is 0.440. The number of imidazole rings is 1. The second-order valence-electron chi connectivity index (χ2n) is 5.65. The fourth-order valence-corrected chi connectivity index (χ4v) is 3.17. The lowest BCUT2D eigenvalue weighted by molar-refractivity contribution is 0.183. The zero-order chi connectivity index (χ0) is 12.4. The van der Waals surface area contributed by atoms with Crippen LogP contribution in [0.3, 0.4) is 0 Å². The molecule has 1 saturated heterocycles. The second kappa shape index (κ2) is 5.31. The highest BCUT2D eigenvalue weighted by molar-refractivity contribution is 5.28. The van der Waals surface area contributed by atoms with Crippen molar-refractivity contribution in [1.29, 1.82) is 0 Å². The van der Waals surface area contributed by atoms with Gasteiger partial charge in [-0.15, -0.1) is 0 Å². The van der Waals surface area contributed by atoms with Gasteiger partial charge in [0.05, 0.1) is 6.61 Å². The highest BCUT2D eigenvalue weighted by Crippen LogP contribution is 2.32. The average molecular weight is 249 g/mol. The third-order valence-electron chi connectivity index (χ3n) is 4.42. The molecular formula is C14H23N3O. The van der Waals surface area contributed by atoms with Gasteiger partial charge < -0.3 is 14.6 Å². The summed E-state index contributed by atoms with van der Waals surface area (Å²) in [6.45, 7) is 4.04. The topological polar surface area (TPSA) is 39.1 Å². The van der Waals surface area contributed by atoms with Gasteiger partial charge in [0.1, 0.15) is 0 Å². The maximum absolute atomic E-state index is 5.46. The normalized spacial score (nSPS) is 26.6. The Morgan fingerprint density at radius 3 is 2.94 bits per heavy atom. The molecule has 0 amide bonds. The van der Waals surface area contributed by atoms with Crippen LogP contribution in [0.4, 0.5) is 5.95 Å². The minimum atomic E-state index is 0.440. The van der Waals surface area contributed by atoms with E-state index in [1.54, 1.807) is 0 Å². The standard InChI is InChI=1S/C14H23N3O/c1-11(12-6-9-18-10-12)16-14-15-7-8-17(14)13-4-2-3-5-13/h7-8,11-13H,2-6,9-10H2,1H3,(H,15,16). The molecule has 2 heterocycles. The van der Waals surface area contributed by atoms with E-state index in [9.17, 15) is 0 Å². The first-order valence-corrected chi connectivity index (χ1v) is 7.21. The van der Waals surface area contributed by atoms with Gasteiger partial charge in [-0.1, -0.05) is 12.8 Å². The molecule has 3 rings (SSSR count). The summed E-state index contributed by atoms with van der Waals surface area (Å²) in [5.41, 5.74) is 0. The monoisotopic (exact) mass is 249 g/mol. The highest BCUT2D eigenvalue weighted by Gasteiger charge is 2.25. The molecule has 2 unspecified atom stereocenters. The van der Waals surface area contributed by atoms with E-state index in [1.165, 1.54) is 25.7 Å². The van der Waals surface area contributed by atoms with Crippen molar-refractivity contribution in [1.82, 2.24) is 9.55 Å². The Morgan fingerprint density at radius 1 is 1.39 bits per heavy atom. The quantitative estimate of drug-likeness (QED) is 0.892. The SMILES string of the molecule is CC(Nc1nccn1C1CCCC1)C1CCOC1. The fourth-order valence-electron chi connectivity index (χ4n) is 3.17. The Morgan fingerprint density at radius 2 is 2.22 bits per heavy atom. The summed E-state index contributed by atoms with van der Waals surface area (Å²) >= 11 is 0. The van der Waals surface area contributed by atoms with E-state index in [2.05, 4.69) is 28.0 Å². The van der Waals surface area contributed by atoms with Crippen LogP contribution in [-0.2, 0) is 4.74 Å². The lowest BCUT2D eigenvalue weighted by atomic mass is 10.0. The van der Waals surface area contributed by atoms with Gasteiger partial charge in [-0.05, 0) is 26.2 Å². The number of hydrogen-bond donors (Lipinski definition) is 1. The molecule has 4 heteroatoms. The van der Waals surface area contributed by atoms with Crippen molar-refractivity contribution >= 4 is 5.95 Å². The summed E-state index contributed by atoms with van der Waals surface area (Å²) < 4.78 is 7.79. The van der Waals surface area contributed by atoms with Crippen LogP contribution in [0.2, 0.25) is 0 Å². The molecule has 1 N–H and O–H groups in total. The van der Waals surface area contributed by atoms with Gasteiger partial charge in [0.25, 0.3) is 0 Å². The average Bonchev–Trinajstić information content (AvgIpc) is 3.11. The van der Waals surface area contributed by atoms with Crippen molar-refractivity contribution in [3.8, 4) is 0 Å². The van der Waals surface area contributed by atoms with Gasteiger partial charge >= 0.3 is 0 Å². The first-order valence-electron chi connectivity index (χ1n) is 7.21. The van der Waals surface area contributed by atoms with Crippen LogP contribution < -0.4 is 5.32 Å². The summed E-state index contributed by atoms with van der Waals surface area (Å²) in [6.07, 6.45) is 10.5. The fraction of sp³-hybridized carbons (Fsp3) is 0.786. The third-order valence-corrected chi connectivity index (χ3v) is 4.42. The lowest BCUT2D eigenvalue weighted by Gasteiger charge is -2.22. The Kier molecular flexibility index (Phi) is 3.55. The van der Waals surface area contributed by atoms with Crippen LogP contribution in [0.25, 0.3) is 0 Å². The van der Waals surface area contributed by atoms with Gasteiger partial charge in [-0.3, -0.25) is 0 Å². The maximum atomic E-state index is 5.46. The van der Waals surface area contributed by atoms with Crippen molar-refractivity contribution in [3.63, 3.8) is 0 Å². The van der Waals surface area contributed by atoms with Crippen LogP contribution in [0.1, 0.15) is 45.1 Å². The molecule has 1 saturated carbocycles. The van der Waals surface area contributed by atoms with Crippen LogP contribution in [0.5, 0.6) is 0 Å². The van der Waals surface area contributed by atoms with Crippen LogP contribution in [0.15, 0.2) is 12.4 Å². The van der Waals surface area contributed by atoms with E-state index in [-0.39, 0.29) is 0 Å². The van der Waals surface area contributed by atoms with Crippen molar-refractivity contribution in [2.75, 3.05) is 18.5 Å². The first kappa shape index (κ1) is 12.0. The van der Waals surface area contributed by atoms with Crippen LogP contribution in [0, 0.1) is 5.92 Å². The summed E-state index contributed by atoms with van der Waals surface area (Å²) in [6, 6.07) is 1.09. The molecular weight excluding hydrogens is 226 g/mol. The molecule has 1 aliphatic carbocycles. The Hall–Kier alpha value is -1.03. The zero-order valence-electron chi connectivity index (χ0n) is 11.1. The first-order chi connectivity index (χ1) is 8.84. The molecule has 4 nitrogen and oxygen atoms in total. The molecule has 0 bridgehead atoms. The van der Waals surface area contributed by atoms with Gasteiger partial charge in [-0.2, -0.15) is 0 Å². The third kappa shape index (κ3) is 2.39. The number of rotatable bonds is 4. The van der Waals surface area contributed by atoms with Crippen LogP contribution >= 0.6 is 0 Å². The molecule has 1 aliphatic heterocycles. The van der Waals surface area contributed by atoms with Gasteiger partial charge in [0, 0.05) is 37.0 Å². The second-order valence-corrected chi connectivity index (χ2v) is 5.65. The van der Waals surface area contributed by atoms with Crippen LogP contribution in [-0.4, -0.2) is 28.8 Å². The molecule has 2 atom stereocenters. The Balaban J connectivity index is 1.66. The predicted molar refractivity (Wildman–Crippen MR) is 71.7 cm³/mol. The predicted octanol–water partition coefficient (Wildman–Crippen LogP) is 2.84. The lowest BCUT2D eigenvalue weighted by Crippen LogP contribution is -2.28. The number of anilines is 1. The number of ether oxygens (including phenoxy) is 1. The molecule has 1 aromatic heterocycles. The van der Waals surface area contributed by atoms with E-state index in [1.807, 2.05) is 6.20 Å². The Labute approximate surface area is 109 Å². The van der Waals surface area contributed by atoms with Gasteiger partial charge in [0.15, 0.2) is 0 Å². The summed E-state index contributed by atoms with van der Waals surface area (Å²) in [4.78, 5) is 4.48. The van der Waals surface area contributed by atoms with Crippen molar-refractivity contribution in [3.05, 3.63) is 12.4 Å². The number of aromatic nitrogens is 2. The molecule has 18 heavy (non-hydrogen) atoms. The van der Waals surface area contributed by atoms with Gasteiger partial charge in [-0.25, -0.2) is 4.98 Å². The van der Waals surface area contributed by atoms with E-state index >= 15 is 0 Å². The van der Waals surface area contributed by atoms with Crippen molar-refractivity contribution in [2.45, 2.75) is 51.1 Å². The van der Waals surface area contributed by atoms with Gasteiger partial charge in [0.2, 0.25) is 5.95 Å². The molecule has 0 spiro atoms. The summed E-state index contributed by atoms with van der Waals surface area (Å²) in [7, 11) is 0. The number of nitrogens with zero attached hydrogens (tertiary/aromatic N) is 2. The summed E-state index contributed by atoms with van der Waals surface area (Å²) in [5.74, 6) is 1.67. The smallest absolute Gasteiger partial charge is 0.203 e. The Bertz CT molecular complexity index is 378. The van der Waals surface area contributed by atoms with Crippen molar-refractivity contribution < 1.29 is 4.74 Å². The highest BCUT2D eigenvalue weighted by atomic mass is 16.5. The minimum Gasteiger partial charge on any atom is -0.381 e. The number of nitrogens with one attached hydrogen (secondary N) is 1. The van der Waals surface area contributed by atoms with E-state index in [0.717, 1.165) is 25.6 Å². The largest absolute Gasteiger partial charge is 0.381 e. The van der Waals surface area contributed by atoms with E-state index in [4.69, 9.17) is 4.74 Å². The maximum Gasteiger partial charge on any atom is 0.203 e. The molecule has 0 radical (unpaired) electrons. The molecule has 100 valence electrons. The van der Waals surface area contributed by atoms with Crippen molar-refractivity contribution in [2.24, 2.45) is 5.92 Å². The van der Waals surface area contributed by atoms with E-state index < -0.39 is 0 Å². The molecule has 2 aliphatic rings. The molecule has 1 aromatic rings. The molecule has 2 fully saturated rings. The zero-order valence-corrected chi connectivity index (χ0v) is 11.1. The number of hydrogen-bond acceptors (Lipinski definition) is 3. The molecule has 0 aromatic carbocycles.